The minimum Gasteiger partial charge on any atom is -0.469 e. The molecule has 144 valence electrons. The molecule has 27 heavy (non-hydrogen) atoms. The zero-order valence-electron chi connectivity index (χ0n) is 16.5. The molecule has 1 aliphatic carbocycles. The number of esters is 1. The first-order chi connectivity index (χ1) is 13.1. The van der Waals surface area contributed by atoms with Gasteiger partial charge in [0.1, 0.15) is 0 Å². The molecule has 0 atom stereocenters. The molecule has 5 nitrogen and oxygen atoms in total. The molecule has 5 heteroatoms. The maximum atomic E-state index is 11.9. The maximum absolute atomic E-state index is 11.9. The van der Waals surface area contributed by atoms with Crippen molar-refractivity contribution in [1.82, 2.24) is 14.9 Å². The molecular weight excluding hydrogens is 338 g/mol. The lowest BCUT2D eigenvalue weighted by atomic mass is 9.85. The maximum Gasteiger partial charge on any atom is 0.308 e. The normalized spacial score (nSPS) is 19.9. The van der Waals surface area contributed by atoms with Crippen molar-refractivity contribution in [2.45, 2.75) is 58.7 Å². The zero-order valence-corrected chi connectivity index (χ0v) is 16.5. The van der Waals surface area contributed by atoms with Gasteiger partial charge >= 0.3 is 5.97 Å². The summed E-state index contributed by atoms with van der Waals surface area (Å²) >= 11 is 0. The van der Waals surface area contributed by atoms with Crippen molar-refractivity contribution in [3.8, 4) is 0 Å². The first-order valence-electron chi connectivity index (χ1n) is 9.71. The number of hydrogen-bond donors (Lipinski definition) is 0. The van der Waals surface area contributed by atoms with E-state index in [1.165, 1.54) is 18.2 Å². The second-order valence-corrected chi connectivity index (χ2v) is 7.47. The minimum absolute atomic E-state index is 0.0428. The number of carbonyl (C=O) groups excluding carboxylic acids is 1. The zero-order chi connectivity index (χ0) is 19.2. The van der Waals surface area contributed by atoms with Crippen LogP contribution >= 0.6 is 0 Å². The van der Waals surface area contributed by atoms with Crippen LogP contribution in [0.4, 0.5) is 0 Å². The molecule has 0 N–H and O–H groups in total. The summed E-state index contributed by atoms with van der Waals surface area (Å²) in [4.78, 5) is 23.5. The Kier molecular flexibility index (Phi) is 6.56. The van der Waals surface area contributed by atoms with Gasteiger partial charge in [-0.25, -0.2) is 0 Å². The van der Waals surface area contributed by atoms with Crippen molar-refractivity contribution in [2.75, 3.05) is 7.11 Å². The quantitative estimate of drug-likeness (QED) is 0.727. The summed E-state index contributed by atoms with van der Waals surface area (Å²) < 4.78 is 4.94. The Labute approximate surface area is 161 Å². The summed E-state index contributed by atoms with van der Waals surface area (Å²) in [6, 6.07) is 8.61. The molecular formula is C22H29N3O2. The number of ether oxygens (including phenoxy) is 1. The number of carbonyl (C=O) groups is 1. The van der Waals surface area contributed by atoms with Crippen molar-refractivity contribution in [1.29, 1.82) is 0 Å². The first kappa shape index (κ1) is 19.5. The molecule has 0 bridgehead atoms. The average molecular weight is 367 g/mol. The molecule has 0 saturated heterocycles. The smallest absolute Gasteiger partial charge is 0.308 e. The third kappa shape index (κ3) is 4.92. The predicted molar refractivity (Wildman–Crippen MR) is 105 cm³/mol. The molecule has 3 rings (SSSR count). The van der Waals surface area contributed by atoms with Crippen LogP contribution < -0.4 is 0 Å². The molecule has 0 radical (unpaired) electrons. The van der Waals surface area contributed by atoms with Gasteiger partial charge in [-0.05, 0) is 62.8 Å². The summed E-state index contributed by atoms with van der Waals surface area (Å²) in [5.74, 6) is -0.0255. The standard InChI is InChI=1S/C22H29N3O2/c1-16-6-4-12-23-20(16)14-25(15-21-17(2)7-5-13-24-21)19-10-8-18(9-11-19)22(26)27-3/h4-7,12-13,18-19H,8-11,14-15H2,1-3H3/t18-,19+. The molecule has 2 aromatic heterocycles. The Bertz CT molecular complexity index is 722. The third-order valence-electron chi connectivity index (χ3n) is 5.69. The van der Waals surface area contributed by atoms with E-state index in [2.05, 4.69) is 40.8 Å². The van der Waals surface area contributed by atoms with Crippen LogP contribution in [0.15, 0.2) is 36.7 Å². The molecule has 1 aliphatic rings. The summed E-state index contributed by atoms with van der Waals surface area (Å²) in [6.45, 7) is 5.83. The lowest BCUT2D eigenvalue weighted by molar-refractivity contribution is -0.147. The SMILES string of the molecule is COC(=O)[C@H]1CC[C@@H](N(Cc2ncccc2C)Cc2ncccc2C)CC1. The van der Waals surface area contributed by atoms with Crippen LogP contribution in [-0.2, 0) is 22.6 Å². The van der Waals surface area contributed by atoms with Crippen LogP contribution in [0.3, 0.4) is 0 Å². The van der Waals surface area contributed by atoms with E-state index >= 15 is 0 Å². The van der Waals surface area contributed by atoms with Gasteiger partial charge in [-0.3, -0.25) is 19.7 Å². The van der Waals surface area contributed by atoms with Crippen molar-refractivity contribution in [2.24, 2.45) is 5.92 Å². The Balaban J connectivity index is 1.77. The Morgan fingerprint density at radius 1 is 1.00 bits per heavy atom. The van der Waals surface area contributed by atoms with Gasteiger partial charge in [-0.1, -0.05) is 12.1 Å². The molecule has 0 amide bonds. The molecule has 0 aliphatic heterocycles. The topological polar surface area (TPSA) is 55.3 Å². The lowest BCUT2D eigenvalue weighted by Gasteiger charge is -2.36. The van der Waals surface area contributed by atoms with Crippen molar-refractivity contribution in [3.05, 3.63) is 59.2 Å². The summed E-state index contributed by atoms with van der Waals surface area (Å²) in [5.41, 5.74) is 4.65. The highest BCUT2D eigenvalue weighted by atomic mass is 16.5. The van der Waals surface area contributed by atoms with Crippen LogP contribution in [0, 0.1) is 19.8 Å². The molecule has 0 unspecified atom stereocenters. The average Bonchev–Trinajstić information content (AvgIpc) is 2.70. The molecule has 1 saturated carbocycles. The van der Waals surface area contributed by atoms with Gasteiger partial charge < -0.3 is 4.74 Å². The number of aryl methyl sites for hydroxylation is 2. The fourth-order valence-corrected chi connectivity index (χ4v) is 3.91. The van der Waals surface area contributed by atoms with Gasteiger partial charge in [0.15, 0.2) is 0 Å². The van der Waals surface area contributed by atoms with Crippen molar-refractivity contribution in [3.63, 3.8) is 0 Å². The van der Waals surface area contributed by atoms with E-state index in [1.54, 1.807) is 0 Å². The van der Waals surface area contributed by atoms with Crippen LogP contribution in [0.1, 0.15) is 48.2 Å². The molecule has 2 aromatic rings. The van der Waals surface area contributed by atoms with Crippen LogP contribution in [-0.4, -0.2) is 34.0 Å². The number of aromatic nitrogens is 2. The van der Waals surface area contributed by atoms with E-state index in [0.29, 0.717) is 6.04 Å². The summed E-state index contributed by atoms with van der Waals surface area (Å²) in [7, 11) is 1.48. The predicted octanol–water partition coefficient (Wildman–Crippen LogP) is 3.83. The Morgan fingerprint density at radius 3 is 1.96 bits per heavy atom. The molecule has 1 fully saturated rings. The number of methoxy groups -OCH3 is 1. The highest BCUT2D eigenvalue weighted by Gasteiger charge is 2.30. The largest absolute Gasteiger partial charge is 0.469 e. The second kappa shape index (κ2) is 9.09. The van der Waals surface area contributed by atoms with Crippen LogP contribution in [0.2, 0.25) is 0 Å². The van der Waals surface area contributed by atoms with Gasteiger partial charge in [0.05, 0.1) is 24.4 Å². The molecule has 0 spiro atoms. The van der Waals surface area contributed by atoms with E-state index in [-0.39, 0.29) is 11.9 Å². The van der Waals surface area contributed by atoms with Gasteiger partial charge in [-0.15, -0.1) is 0 Å². The van der Waals surface area contributed by atoms with Gasteiger partial charge in [0, 0.05) is 31.5 Å². The number of rotatable bonds is 6. The van der Waals surface area contributed by atoms with E-state index in [0.717, 1.165) is 50.2 Å². The minimum atomic E-state index is -0.0684. The first-order valence-corrected chi connectivity index (χ1v) is 9.71. The van der Waals surface area contributed by atoms with E-state index < -0.39 is 0 Å². The van der Waals surface area contributed by atoms with E-state index in [4.69, 9.17) is 4.74 Å². The Hall–Kier alpha value is -2.27. The second-order valence-electron chi connectivity index (χ2n) is 7.47. The molecule has 0 aromatic carbocycles. The monoisotopic (exact) mass is 367 g/mol. The van der Waals surface area contributed by atoms with Crippen molar-refractivity contribution >= 4 is 5.97 Å². The number of hydrogen-bond acceptors (Lipinski definition) is 5. The van der Waals surface area contributed by atoms with Crippen LogP contribution in [0.25, 0.3) is 0 Å². The number of pyridine rings is 2. The van der Waals surface area contributed by atoms with Gasteiger partial charge in [0.25, 0.3) is 0 Å². The molecule has 2 heterocycles. The fraction of sp³-hybridized carbons (Fsp3) is 0.500. The number of nitrogens with zero attached hydrogens (tertiary/aromatic N) is 3. The van der Waals surface area contributed by atoms with E-state index in [1.807, 2.05) is 24.5 Å². The highest BCUT2D eigenvalue weighted by molar-refractivity contribution is 5.72. The summed E-state index contributed by atoms with van der Waals surface area (Å²) in [6.07, 6.45) is 7.49. The Morgan fingerprint density at radius 2 is 1.52 bits per heavy atom. The van der Waals surface area contributed by atoms with E-state index in [9.17, 15) is 4.79 Å². The third-order valence-corrected chi connectivity index (χ3v) is 5.69. The van der Waals surface area contributed by atoms with Crippen molar-refractivity contribution < 1.29 is 9.53 Å². The lowest BCUT2D eigenvalue weighted by Crippen LogP contribution is -2.39. The highest BCUT2D eigenvalue weighted by Crippen LogP contribution is 2.30. The van der Waals surface area contributed by atoms with Gasteiger partial charge in [-0.2, -0.15) is 0 Å². The van der Waals surface area contributed by atoms with Crippen LogP contribution in [0.5, 0.6) is 0 Å². The fourth-order valence-electron chi connectivity index (χ4n) is 3.91. The summed E-state index contributed by atoms with van der Waals surface area (Å²) in [5, 5.41) is 0. The van der Waals surface area contributed by atoms with Gasteiger partial charge in [0.2, 0.25) is 0 Å².